The summed E-state index contributed by atoms with van der Waals surface area (Å²) in [6.45, 7) is 0. The average Bonchev–Trinajstić information content (AvgIpc) is 2.71. The van der Waals surface area contributed by atoms with E-state index in [4.69, 9.17) is 16.7 Å². The first-order chi connectivity index (χ1) is 9.72. The second-order valence-corrected chi connectivity index (χ2v) is 6.03. The largest absolute Gasteiger partial charge is 0.478 e. The summed E-state index contributed by atoms with van der Waals surface area (Å²) in [5.41, 5.74) is -0.752. The number of nitrogens with zero attached hydrogens (tertiary/aromatic N) is 2. The Morgan fingerprint density at radius 1 is 1.48 bits per heavy atom. The lowest BCUT2D eigenvalue weighted by atomic mass is 10.2. The van der Waals surface area contributed by atoms with Crippen molar-refractivity contribution < 1.29 is 22.7 Å². The minimum Gasteiger partial charge on any atom is -0.478 e. The number of aromatic nitrogens is 2. The molecule has 0 aliphatic carbocycles. The third kappa shape index (κ3) is 2.98. The summed E-state index contributed by atoms with van der Waals surface area (Å²) >= 11 is 5.73. The van der Waals surface area contributed by atoms with Crippen LogP contribution in [0.5, 0.6) is 0 Å². The van der Waals surface area contributed by atoms with Crippen LogP contribution in [-0.2, 0) is 17.1 Å². The zero-order valence-corrected chi connectivity index (χ0v) is 12.1. The molecule has 7 nitrogen and oxygen atoms in total. The van der Waals surface area contributed by atoms with E-state index in [1.54, 1.807) is 0 Å². The smallest absolute Gasteiger partial charge is 0.335 e. The van der Waals surface area contributed by atoms with Crippen LogP contribution in [0.15, 0.2) is 29.4 Å². The Morgan fingerprint density at radius 2 is 2.14 bits per heavy atom. The Kier molecular flexibility index (Phi) is 3.88. The summed E-state index contributed by atoms with van der Waals surface area (Å²) in [5.74, 6) is -2.23. The molecule has 2 rings (SSSR count). The number of hydrogen-bond acceptors (Lipinski definition) is 4. The van der Waals surface area contributed by atoms with E-state index in [2.05, 4.69) is 5.10 Å². The van der Waals surface area contributed by atoms with Gasteiger partial charge in [0.05, 0.1) is 22.5 Å². The highest BCUT2D eigenvalue weighted by Crippen LogP contribution is 2.24. The lowest BCUT2D eigenvalue weighted by Crippen LogP contribution is -2.18. The molecule has 1 aromatic carbocycles. The lowest BCUT2D eigenvalue weighted by Gasteiger charge is -2.10. The molecule has 0 saturated heterocycles. The van der Waals surface area contributed by atoms with Crippen LogP contribution >= 0.6 is 11.6 Å². The van der Waals surface area contributed by atoms with Crippen LogP contribution < -0.4 is 4.72 Å². The maximum Gasteiger partial charge on any atom is 0.335 e. The zero-order valence-electron chi connectivity index (χ0n) is 10.5. The fourth-order valence-electron chi connectivity index (χ4n) is 1.63. The molecule has 2 aromatic rings. The highest BCUT2D eigenvalue weighted by atomic mass is 35.5. The molecule has 0 aliphatic heterocycles. The Bertz CT molecular complexity index is 799. The van der Waals surface area contributed by atoms with Gasteiger partial charge in [0.25, 0.3) is 10.0 Å². The molecule has 0 fully saturated rings. The van der Waals surface area contributed by atoms with Gasteiger partial charge in [-0.25, -0.2) is 9.18 Å². The summed E-state index contributed by atoms with van der Waals surface area (Å²) in [5, 5.41) is 12.0. The number of carboxylic acids is 1. The van der Waals surface area contributed by atoms with Crippen LogP contribution in [0.4, 0.5) is 10.1 Å². The number of benzene rings is 1. The molecule has 2 N–H and O–H groups in total. The number of hydrogen-bond donors (Lipinski definition) is 2. The number of rotatable bonds is 4. The predicted molar refractivity (Wildman–Crippen MR) is 72.4 cm³/mol. The average molecular weight is 334 g/mol. The molecular formula is C11H9ClFN3O4S. The van der Waals surface area contributed by atoms with E-state index in [1.165, 1.54) is 7.05 Å². The van der Waals surface area contributed by atoms with Crippen molar-refractivity contribution >= 4 is 33.3 Å². The Morgan fingerprint density at radius 3 is 2.67 bits per heavy atom. The van der Waals surface area contributed by atoms with Gasteiger partial charge < -0.3 is 5.11 Å². The van der Waals surface area contributed by atoms with Crippen molar-refractivity contribution in [2.45, 2.75) is 5.03 Å². The van der Waals surface area contributed by atoms with E-state index in [1.807, 2.05) is 4.72 Å². The summed E-state index contributed by atoms with van der Waals surface area (Å²) in [4.78, 5) is 10.8. The monoisotopic (exact) mass is 333 g/mol. The van der Waals surface area contributed by atoms with Gasteiger partial charge in [0.1, 0.15) is 5.82 Å². The first-order valence-corrected chi connectivity index (χ1v) is 7.31. The van der Waals surface area contributed by atoms with Crippen LogP contribution in [0.1, 0.15) is 10.4 Å². The van der Waals surface area contributed by atoms with Gasteiger partial charge >= 0.3 is 5.97 Å². The van der Waals surface area contributed by atoms with Gasteiger partial charge in [-0.05, 0) is 18.2 Å². The van der Waals surface area contributed by atoms with Gasteiger partial charge in [-0.15, -0.1) is 0 Å². The third-order valence-electron chi connectivity index (χ3n) is 2.55. The number of anilines is 1. The molecule has 21 heavy (non-hydrogen) atoms. The summed E-state index contributed by atoms with van der Waals surface area (Å²) in [6, 6.07) is 2.75. The molecule has 0 amide bonds. The van der Waals surface area contributed by atoms with E-state index >= 15 is 0 Å². The number of aryl methyl sites for hydroxylation is 1. The second-order valence-electron chi connectivity index (χ2n) is 4.03. The lowest BCUT2D eigenvalue weighted by molar-refractivity contribution is 0.0697. The van der Waals surface area contributed by atoms with Crippen LogP contribution in [0, 0.1) is 5.82 Å². The van der Waals surface area contributed by atoms with Crippen LogP contribution in [-0.4, -0.2) is 29.3 Å². The Hall–Kier alpha value is -2.13. The number of sulfonamides is 1. The molecule has 0 saturated carbocycles. The van der Waals surface area contributed by atoms with E-state index in [-0.39, 0.29) is 15.6 Å². The molecule has 0 spiro atoms. The normalized spacial score (nSPS) is 11.4. The summed E-state index contributed by atoms with van der Waals surface area (Å²) < 4.78 is 40.9. The Balaban J connectivity index is 2.46. The Labute approximate surface area is 124 Å². The predicted octanol–water partition coefficient (Wildman–Crippen LogP) is 1.71. The topological polar surface area (TPSA) is 101 Å². The number of aromatic carboxylic acids is 1. The van der Waals surface area contributed by atoms with Gasteiger partial charge in [-0.1, -0.05) is 11.6 Å². The van der Waals surface area contributed by atoms with Crippen LogP contribution in [0.25, 0.3) is 0 Å². The maximum atomic E-state index is 13.6. The molecule has 0 atom stereocenters. The quantitative estimate of drug-likeness (QED) is 0.887. The molecule has 0 radical (unpaired) electrons. The van der Waals surface area contributed by atoms with Gasteiger partial charge in [-0.3, -0.25) is 9.40 Å². The van der Waals surface area contributed by atoms with Crippen LogP contribution in [0.2, 0.25) is 5.02 Å². The van der Waals surface area contributed by atoms with E-state index in [9.17, 15) is 17.6 Å². The minimum absolute atomic E-state index is 0.139. The van der Waals surface area contributed by atoms with Crippen LogP contribution in [0.3, 0.4) is 0 Å². The molecule has 10 heteroatoms. The zero-order chi connectivity index (χ0) is 15.8. The molecule has 0 aliphatic rings. The molecule has 1 heterocycles. The van der Waals surface area contributed by atoms with Crippen molar-refractivity contribution in [3.63, 3.8) is 0 Å². The number of carboxylic acid groups (broad SMARTS) is 1. The van der Waals surface area contributed by atoms with Crippen molar-refractivity contribution in [3.8, 4) is 0 Å². The fraction of sp³-hybridized carbons (Fsp3) is 0.0909. The molecule has 0 unspecified atom stereocenters. The maximum absolute atomic E-state index is 13.6. The highest BCUT2D eigenvalue weighted by molar-refractivity contribution is 7.92. The van der Waals surface area contributed by atoms with Gasteiger partial charge in [-0.2, -0.15) is 13.5 Å². The number of halogens is 2. The van der Waals surface area contributed by atoms with Gasteiger partial charge in [0.2, 0.25) is 0 Å². The fourth-order valence-corrected chi connectivity index (χ4v) is 3.35. The first-order valence-electron chi connectivity index (χ1n) is 5.45. The van der Waals surface area contributed by atoms with E-state index < -0.39 is 27.5 Å². The SMILES string of the molecule is Cn1ncc(Cl)c1S(=O)(=O)Nc1cc(C(=O)O)ccc1F. The third-order valence-corrected chi connectivity index (χ3v) is 4.43. The van der Waals surface area contributed by atoms with Crippen molar-refractivity contribution in [2.24, 2.45) is 7.05 Å². The molecule has 1 aromatic heterocycles. The second kappa shape index (κ2) is 5.34. The van der Waals surface area contributed by atoms with Gasteiger partial charge in [0.15, 0.2) is 5.03 Å². The molecule has 112 valence electrons. The van der Waals surface area contributed by atoms with E-state index in [0.717, 1.165) is 29.1 Å². The van der Waals surface area contributed by atoms with Gasteiger partial charge in [0, 0.05) is 7.05 Å². The minimum atomic E-state index is -4.21. The number of carbonyl (C=O) groups is 1. The van der Waals surface area contributed by atoms with Crippen molar-refractivity contribution in [1.82, 2.24) is 9.78 Å². The van der Waals surface area contributed by atoms with Crippen molar-refractivity contribution in [2.75, 3.05) is 4.72 Å². The standard InChI is InChI=1S/C11H9ClFN3O4S/c1-16-10(7(12)5-14-16)21(19,20)15-9-4-6(11(17)18)2-3-8(9)13/h2-5,15H,1H3,(H,17,18). The summed E-state index contributed by atoms with van der Waals surface area (Å²) in [6.07, 6.45) is 1.13. The first kappa shape index (κ1) is 15.3. The van der Waals surface area contributed by atoms with Crippen molar-refractivity contribution in [3.05, 3.63) is 40.8 Å². The summed E-state index contributed by atoms with van der Waals surface area (Å²) in [7, 11) is -2.86. The molecular weight excluding hydrogens is 325 g/mol. The number of nitrogens with one attached hydrogen (secondary N) is 1. The molecule has 0 bridgehead atoms. The van der Waals surface area contributed by atoms with Crippen molar-refractivity contribution in [1.29, 1.82) is 0 Å². The van der Waals surface area contributed by atoms with E-state index in [0.29, 0.717) is 0 Å². The highest BCUT2D eigenvalue weighted by Gasteiger charge is 2.24.